The van der Waals surface area contributed by atoms with Crippen LogP contribution in [0.15, 0.2) is 36.4 Å². The summed E-state index contributed by atoms with van der Waals surface area (Å²) in [6.45, 7) is 16.2. The molecule has 0 aliphatic rings. The molecule has 1 aromatic carbocycles. The molecule has 0 amide bonds. The Morgan fingerprint density at radius 1 is 0.418 bits per heavy atom. The lowest BCUT2D eigenvalue weighted by molar-refractivity contribution is 0.132. The fraction of sp³-hybridized carbons (Fsp3) is 0.607. The van der Waals surface area contributed by atoms with Crippen LogP contribution in [0.25, 0.3) is 51.4 Å². The fourth-order valence-electron chi connectivity index (χ4n) is 8.86. The molecule has 0 spiro atoms. The molecule has 11 heteroatoms. The number of hydrogen-bond acceptors (Lipinski definition) is 11. The summed E-state index contributed by atoms with van der Waals surface area (Å²) in [6, 6.07) is 14.1. The van der Waals surface area contributed by atoms with Crippen molar-refractivity contribution in [1.82, 2.24) is 8.75 Å². The Balaban J connectivity index is 1.22. The average Bonchev–Trinajstić information content (AvgIpc) is 4.19. The van der Waals surface area contributed by atoms with Gasteiger partial charge in [0.2, 0.25) is 0 Å². The molecule has 0 aliphatic heterocycles. The van der Waals surface area contributed by atoms with Gasteiger partial charge in [-0.25, -0.2) is 0 Å². The van der Waals surface area contributed by atoms with E-state index in [0.29, 0.717) is 13.0 Å². The minimum Gasteiger partial charge on any atom is -0.396 e. The topological polar surface area (TPSA) is 73.7 Å². The van der Waals surface area contributed by atoms with Crippen LogP contribution in [0.5, 0.6) is 0 Å². The van der Waals surface area contributed by atoms with Crippen LogP contribution in [-0.2, 0) is 39.9 Å². The fourth-order valence-corrected chi connectivity index (χ4v) is 14.3. The van der Waals surface area contributed by atoms with Crippen LogP contribution >= 0.6 is 57.1 Å². The van der Waals surface area contributed by atoms with Gasteiger partial charge in [0.05, 0.1) is 31.5 Å². The predicted molar refractivity (Wildman–Crippen MR) is 295 cm³/mol. The molecule has 368 valence electrons. The third kappa shape index (κ3) is 16.6. The lowest BCUT2D eigenvalue weighted by Gasteiger charge is -2.05. The number of benzene rings is 1. The predicted octanol–water partition coefficient (Wildman–Crippen LogP) is 17.5. The van der Waals surface area contributed by atoms with Gasteiger partial charge >= 0.3 is 0 Å². The van der Waals surface area contributed by atoms with Crippen LogP contribution in [0.2, 0.25) is 0 Å². The first-order valence-corrected chi connectivity index (χ1v) is 30.0. The zero-order valence-electron chi connectivity index (χ0n) is 41.6. The van der Waals surface area contributed by atoms with Gasteiger partial charge in [-0.2, -0.15) is 8.75 Å². The third-order valence-corrected chi connectivity index (χ3v) is 18.4. The Morgan fingerprint density at radius 3 is 1.18 bits per heavy atom. The van der Waals surface area contributed by atoms with Crippen molar-refractivity contribution in [2.75, 3.05) is 46.2 Å². The summed E-state index contributed by atoms with van der Waals surface area (Å²) in [4.78, 5) is 10.4. The van der Waals surface area contributed by atoms with Crippen LogP contribution in [0, 0.1) is 13.8 Å². The Kier molecular flexibility index (Phi) is 24.5. The van der Waals surface area contributed by atoms with E-state index < -0.39 is 0 Å². The molecular weight excluding hydrogens is 925 g/mol. The van der Waals surface area contributed by atoms with Crippen molar-refractivity contribution in [2.45, 2.75) is 176 Å². The van der Waals surface area contributed by atoms with Crippen molar-refractivity contribution in [3.63, 3.8) is 0 Å². The average molecular weight is 1010 g/mol. The lowest BCUT2D eigenvalue weighted by Crippen LogP contribution is -2.01. The van der Waals surface area contributed by atoms with Gasteiger partial charge in [0, 0.05) is 76.6 Å². The molecule has 6 aromatic rings. The van der Waals surface area contributed by atoms with Crippen molar-refractivity contribution in [3.8, 4) is 40.4 Å². The quantitative estimate of drug-likeness (QED) is 0.0395. The summed E-state index contributed by atoms with van der Waals surface area (Å²) in [5, 5.41) is 9.79. The number of aliphatic hydroxyl groups excluding tert-OH is 1. The largest absolute Gasteiger partial charge is 0.396 e. The summed E-state index contributed by atoms with van der Waals surface area (Å²) < 4.78 is 28.6. The van der Waals surface area contributed by atoms with E-state index in [2.05, 4.69) is 71.0 Å². The van der Waals surface area contributed by atoms with E-state index in [1.165, 1.54) is 169 Å². The first-order valence-electron chi connectivity index (χ1n) is 26.0. The SMILES string of the molecule is CCCCCCCCOCCc1cc(-c2sc(-c3ccc(-c4cc(CCOCCCCCCCC)c(-c5cc(CCO)c(C)s5)s4)c4nsnc34)cc2CCOCCCCCCCC)sc1C. The molecule has 6 rings (SSSR count). The van der Waals surface area contributed by atoms with E-state index in [-0.39, 0.29) is 6.61 Å². The summed E-state index contributed by atoms with van der Waals surface area (Å²) >= 11 is 8.82. The number of aryl methyl sites for hydroxylation is 2. The Bertz CT molecular complexity index is 2300. The standard InChI is InChI=1S/C56H80N2O4S5/c1-6-9-12-15-18-21-31-60-34-27-44-38-52(64-42(44)5)56-46(29-36-62-33-23-20-17-14-11-8-3)40-50(66-56)48-25-24-47(53-54(48)58-67-57-53)49-39-45(28-35-61-32-22-19-16-13-10-7-2)55(65-49)51-37-43(26-30-59)41(4)63-51/h24-25,37-40,59H,6-23,26-36H2,1-5H3. The first-order chi connectivity index (χ1) is 32.9. The minimum absolute atomic E-state index is 0.163. The van der Waals surface area contributed by atoms with Gasteiger partial charge in [-0.05, 0) is 105 Å². The number of hydrogen-bond donors (Lipinski definition) is 1. The van der Waals surface area contributed by atoms with E-state index in [1.807, 2.05) is 45.3 Å². The van der Waals surface area contributed by atoms with Crippen molar-refractivity contribution in [3.05, 3.63) is 68.4 Å². The molecule has 67 heavy (non-hydrogen) atoms. The van der Waals surface area contributed by atoms with Crippen LogP contribution in [-0.4, -0.2) is 60.1 Å². The molecule has 6 nitrogen and oxygen atoms in total. The third-order valence-electron chi connectivity index (χ3n) is 12.9. The molecule has 5 heterocycles. The second-order valence-electron chi connectivity index (χ2n) is 18.3. The van der Waals surface area contributed by atoms with Crippen molar-refractivity contribution >= 4 is 68.1 Å². The van der Waals surface area contributed by atoms with Gasteiger partial charge in [-0.15, -0.1) is 45.3 Å². The molecule has 0 saturated heterocycles. The molecule has 0 saturated carbocycles. The molecule has 0 radical (unpaired) electrons. The van der Waals surface area contributed by atoms with E-state index >= 15 is 0 Å². The highest BCUT2D eigenvalue weighted by Gasteiger charge is 2.22. The summed E-state index contributed by atoms with van der Waals surface area (Å²) in [6.07, 6.45) is 26.4. The van der Waals surface area contributed by atoms with Crippen LogP contribution in [0.1, 0.15) is 168 Å². The van der Waals surface area contributed by atoms with Gasteiger partial charge in [-0.3, -0.25) is 0 Å². The van der Waals surface area contributed by atoms with Crippen molar-refractivity contribution in [1.29, 1.82) is 0 Å². The van der Waals surface area contributed by atoms with Gasteiger partial charge < -0.3 is 19.3 Å². The molecule has 0 fully saturated rings. The molecule has 5 aromatic heterocycles. The van der Waals surface area contributed by atoms with Gasteiger partial charge in [0.1, 0.15) is 11.0 Å². The Labute approximate surface area is 424 Å². The maximum Gasteiger partial charge on any atom is 0.114 e. The molecule has 1 N–H and O–H groups in total. The van der Waals surface area contributed by atoms with E-state index in [4.69, 9.17) is 23.0 Å². The molecule has 0 aliphatic carbocycles. The molecule has 0 unspecified atom stereocenters. The Hall–Kier alpha value is -2.32. The highest BCUT2D eigenvalue weighted by molar-refractivity contribution is 7.25. The number of nitrogens with zero attached hydrogens (tertiary/aromatic N) is 2. The van der Waals surface area contributed by atoms with E-state index in [9.17, 15) is 5.11 Å². The first kappa shape index (κ1) is 54.0. The zero-order chi connectivity index (χ0) is 47.1. The zero-order valence-corrected chi connectivity index (χ0v) is 45.7. The van der Waals surface area contributed by atoms with Gasteiger partial charge in [0.25, 0.3) is 0 Å². The smallest absolute Gasteiger partial charge is 0.114 e. The number of aliphatic hydroxyl groups is 1. The number of unbranched alkanes of at least 4 members (excludes halogenated alkanes) is 15. The number of rotatable bonds is 36. The molecule has 0 atom stereocenters. The van der Waals surface area contributed by atoms with Crippen LogP contribution < -0.4 is 0 Å². The highest BCUT2D eigenvalue weighted by Crippen LogP contribution is 2.47. The summed E-state index contributed by atoms with van der Waals surface area (Å²) in [5.41, 5.74) is 9.55. The van der Waals surface area contributed by atoms with Gasteiger partial charge in [0.15, 0.2) is 0 Å². The highest BCUT2D eigenvalue weighted by atomic mass is 32.1. The van der Waals surface area contributed by atoms with Crippen molar-refractivity contribution < 1.29 is 19.3 Å². The monoisotopic (exact) mass is 1000 g/mol. The summed E-state index contributed by atoms with van der Waals surface area (Å²) in [5.74, 6) is 0. The van der Waals surface area contributed by atoms with Crippen molar-refractivity contribution in [2.24, 2.45) is 0 Å². The second-order valence-corrected chi connectivity index (χ2v) is 23.4. The maximum absolute atomic E-state index is 9.79. The maximum atomic E-state index is 9.79. The Morgan fingerprint density at radius 2 is 0.776 bits per heavy atom. The number of thiophene rings is 4. The molecular formula is C56H80N2O4S5. The van der Waals surface area contributed by atoms with E-state index in [1.54, 1.807) is 0 Å². The normalized spacial score (nSPS) is 11.9. The molecule has 0 bridgehead atoms. The van der Waals surface area contributed by atoms with Crippen LogP contribution in [0.4, 0.5) is 0 Å². The number of ether oxygens (including phenoxy) is 3. The number of aromatic nitrogens is 2. The number of fused-ring (bicyclic) bond motifs is 1. The summed E-state index contributed by atoms with van der Waals surface area (Å²) in [7, 11) is 0. The lowest BCUT2D eigenvalue weighted by atomic mass is 10.0. The minimum atomic E-state index is 0.163. The second kappa shape index (κ2) is 30.4. The van der Waals surface area contributed by atoms with E-state index in [0.717, 1.165) is 93.7 Å². The van der Waals surface area contributed by atoms with Gasteiger partial charge in [-0.1, -0.05) is 129 Å². The van der Waals surface area contributed by atoms with Crippen LogP contribution in [0.3, 0.4) is 0 Å².